The second kappa shape index (κ2) is 6.53. The van der Waals surface area contributed by atoms with Crippen molar-refractivity contribution in [1.82, 2.24) is 0 Å². The van der Waals surface area contributed by atoms with Gasteiger partial charge in [0.2, 0.25) is 0 Å². The smallest absolute Gasteiger partial charge is 0.466 e. The van der Waals surface area contributed by atoms with Crippen molar-refractivity contribution in [3.63, 3.8) is 0 Å². The largest absolute Gasteiger partial charge is 0.573 e. The lowest BCUT2D eigenvalue weighted by molar-refractivity contribution is -0.275. The fourth-order valence-corrected chi connectivity index (χ4v) is 1.44. The number of halogens is 5. The second-order valence-electron chi connectivity index (χ2n) is 3.70. The quantitative estimate of drug-likeness (QED) is 0.615. The summed E-state index contributed by atoms with van der Waals surface area (Å²) in [5.41, 5.74) is -0.804. The van der Waals surface area contributed by atoms with Crippen molar-refractivity contribution in [2.75, 3.05) is 6.61 Å². The van der Waals surface area contributed by atoms with Crippen LogP contribution in [-0.4, -0.2) is 18.9 Å². The van der Waals surface area contributed by atoms with E-state index in [1.54, 1.807) is 0 Å². The maximum Gasteiger partial charge on any atom is 0.573 e. The van der Waals surface area contributed by atoms with Gasteiger partial charge in [-0.3, -0.25) is 4.79 Å². The van der Waals surface area contributed by atoms with Crippen LogP contribution in [0.3, 0.4) is 0 Å². The standard InChI is InChI=1S/C12H11F5O3/c1-2-19-10(18)6-7-3-4-8(11(13)14)5-9(7)20-12(15,16)17/h3-5,11H,2,6H2,1H3. The van der Waals surface area contributed by atoms with E-state index < -0.39 is 36.5 Å². The van der Waals surface area contributed by atoms with Crippen LogP contribution in [0.2, 0.25) is 0 Å². The summed E-state index contributed by atoms with van der Waals surface area (Å²) in [6, 6.07) is 2.48. The first-order valence-electron chi connectivity index (χ1n) is 5.55. The fraction of sp³-hybridized carbons (Fsp3) is 0.417. The topological polar surface area (TPSA) is 35.5 Å². The van der Waals surface area contributed by atoms with E-state index >= 15 is 0 Å². The van der Waals surface area contributed by atoms with Crippen LogP contribution in [0.5, 0.6) is 5.75 Å². The van der Waals surface area contributed by atoms with Crippen LogP contribution in [0.1, 0.15) is 24.5 Å². The van der Waals surface area contributed by atoms with Gasteiger partial charge in [-0.15, -0.1) is 13.2 Å². The molecule has 3 nitrogen and oxygen atoms in total. The highest BCUT2D eigenvalue weighted by Crippen LogP contribution is 2.31. The van der Waals surface area contributed by atoms with Crippen molar-refractivity contribution < 1.29 is 36.2 Å². The van der Waals surface area contributed by atoms with Crippen LogP contribution < -0.4 is 4.74 Å². The molecular formula is C12H11F5O3. The normalized spacial score (nSPS) is 11.6. The van der Waals surface area contributed by atoms with Gasteiger partial charge in [0.05, 0.1) is 13.0 Å². The molecule has 1 aromatic carbocycles. The van der Waals surface area contributed by atoms with Crippen molar-refractivity contribution in [3.05, 3.63) is 29.3 Å². The minimum absolute atomic E-state index is 0.0589. The van der Waals surface area contributed by atoms with Gasteiger partial charge >= 0.3 is 12.3 Å². The molecule has 0 spiro atoms. The van der Waals surface area contributed by atoms with Crippen LogP contribution in [0.15, 0.2) is 18.2 Å². The van der Waals surface area contributed by atoms with Crippen LogP contribution >= 0.6 is 0 Å². The molecule has 0 saturated heterocycles. The number of esters is 1. The molecule has 0 saturated carbocycles. The lowest BCUT2D eigenvalue weighted by Gasteiger charge is -2.14. The predicted octanol–water partition coefficient (Wildman–Crippen LogP) is 3.63. The van der Waals surface area contributed by atoms with Crippen molar-refractivity contribution in [2.24, 2.45) is 0 Å². The second-order valence-corrected chi connectivity index (χ2v) is 3.70. The Bertz CT molecular complexity index is 471. The van der Waals surface area contributed by atoms with E-state index in [-0.39, 0.29) is 12.2 Å². The molecule has 0 fully saturated rings. The minimum atomic E-state index is -5.04. The number of carbonyl (C=O) groups is 1. The molecule has 0 unspecified atom stereocenters. The van der Waals surface area contributed by atoms with Crippen LogP contribution in [0.4, 0.5) is 22.0 Å². The molecule has 0 N–H and O–H groups in total. The van der Waals surface area contributed by atoms with E-state index in [9.17, 15) is 26.7 Å². The number of alkyl halides is 5. The monoisotopic (exact) mass is 298 g/mol. The third kappa shape index (κ3) is 5.02. The maximum atomic E-state index is 12.5. The Morgan fingerprint density at radius 3 is 2.45 bits per heavy atom. The Kier molecular flexibility index (Phi) is 5.29. The number of benzene rings is 1. The van der Waals surface area contributed by atoms with Gasteiger partial charge in [-0.25, -0.2) is 8.78 Å². The predicted molar refractivity (Wildman–Crippen MR) is 58.4 cm³/mol. The van der Waals surface area contributed by atoms with Gasteiger partial charge < -0.3 is 9.47 Å². The Balaban J connectivity index is 3.05. The molecule has 8 heteroatoms. The highest BCUT2D eigenvalue weighted by Gasteiger charge is 2.32. The van der Waals surface area contributed by atoms with Crippen LogP contribution in [0, 0.1) is 0 Å². The van der Waals surface area contributed by atoms with E-state index in [4.69, 9.17) is 0 Å². The van der Waals surface area contributed by atoms with Crippen molar-refractivity contribution in [3.8, 4) is 5.75 Å². The molecule has 1 aromatic rings. The van der Waals surface area contributed by atoms with Gasteiger partial charge in [0.1, 0.15) is 5.75 Å². The highest BCUT2D eigenvalue weighted by molar-refractivity contribution is 5.73. The van der Waals surface area contributed by atoms with Gasteiger partial charge in [0.25, 0.3) is 6.43 Å². The fourth-order valence-electron chi connectivity index (χ4n) is 1.44. The highest BCUT2D eigenvalue weighted by atomic mass is 19.4. The summed E-state index contributed by atoms with van der Waals surface area (Å²) in [4.78, 5) is 11.2. The maximum absolute atomic E-state index is 12.5. The number of ether oxygens (including phenoxy) is 2. The van der Waals surface area contributed by atoms with Gasteiger partial charge in [0, 0.05) is 11.1 Å². The summed E-state index contributed by atoms with van der Waals surface area (Å²) in [6.07, 6.45) is -8.48. The van der Waals surface area contributed by atoms with E-state index in [0.29, 0.717) is 6.07 Å². The first kappa shape index (κ1) is 16.2. The van der Waals surface area contributed by atoms with Gasteiger partial charge in [-0.05, 0) is 13.0 Å². The molecule has 0 aliphatic carbocycles. The summed E-state index contributed by atoms with van der Waals surface area (Å²) in [5.74, 6) is -1.60. The summed E-state index contributed by atoms with van der Waals surface area (Å²) in [7, 11) is 0. The summed E-state index contributed by atoms with van der Waals surface area (Å²) in [6.45, 7) is 1.59. The van der Waals surface area contributed by atoms with E-state index in [1.807, 2.05) is 0 Å². The zero-order valence-electron chi connectivity index (χ0n) is 10.3. The molecule has 0 amide bonds. The molecule has 0 aliphatic rings. The van der Waals surface area contributed by atoms with Crippen molar-refractivity contribution in [1.29, 1.82) is 0 Å². The van der Waals surface area contributed by atoms with E-state index in [0.717, 1.165) is 12.1 Å². The number of hydrogen-bond acceptors (Lipinski definition) is 3. The Labute approximate surface area is 111 Å². The van der Waals surface area contributed by atoms with Gasteiger partial charge in [-0.1, -0.05) is 12.1 Å². The zero-order valence-corrected chi connectivity index (χ0v) is 10.3. The van der Waals surface area contributed by atoms with Gasteiger partial charge in [-0.2, -0.15) is 0 Å². The molecule has 0 heterocycles. The van der Waals surface area contributed by atoms with E-state index in [1.165, 1.54) is 6.92 Å². The molecular weight excluding hydrogens is 287 g/mol. The average molecular weight is 298 g/mol. The molecule has 0 atom stereocenters. The molecule has 0 aromatic heterocycles. The zero-order chi connectivity index (χ0) is 15.3. The van der Waals surface area contributed by atoms with Crippen LogP contribution in [-0.2, 0) is 16.0 Å². The Morgan fingerprint density at radius 1 is 1.30 bits per heavy atom. The third-order valence-corrected chi connectivity index (χ3v) is 2.21. The molecule has 0 radical (unpaired) electrons. The molecule has 20 heavy (non-hydrogen) atoms. The summed E-state index contributed by atoms with van der Waals surface area (Å²) < 4.78 is 69.8. The molecule has 0 aliphatic heterocycles. The number of hydrogen-bond donors (Lipinski definition) is 0. The van der Waals surface area contributed by atoms with Crippen molar-refractivity contribution in [2.45, 2.75) is 26.1 Å². The minimum Gasteiger partial charge on any atom is -0.466 e. The van der Waals surface area contributed by atoms with Crippen molar-refractivity contribution >= 4 is 5.97 Å². The lowest BCUT2D eigenvalue weighted by atomic mass is 10.1. The SMILES string of the molecule is CCOC(=O)Cc1ccc(C(F)F)cc1OC(F)(F)F. The molecule has 0 bridgehead atoms. The lowest BCUT2D eigenvalue weighted by Crippen LogP contribution is -2.19. The summed E-state index contributed by atoms with van der Waals surface area (Å²) in [5, 5.41) is 0. The van der Waals surface area contributed by atoms with E-state index in [2.05, 4.69) is 9.47 Å². The Morgan fingerprint density at radius 2 is 1.95 bits per heavy atom. The molecule has 112 valence electrons. The van der Waals surface area contributed by atoms with Crippen LogP contribution in [0.25, 0.3) is 0 Å². The first-order valence-corrected chi connectivity index (χ1v) is 5.55. The third-order valence-electron chi connectivity index (χ3n) is 2.21. The number of carbonyl (C=O) groups excluding carboxylic acids is 1. The number of rotatable bonds is 5. The molecule has 1 rings (SSSR count). The Hall–Kier alpha value is -1.86. The summed E-state index contributed by atoms with van der Waals surface area (Å²) >= 11 is 0. The van der Waals surface area contributed by atoms with Gasteiger partial charge in [0.15, 0.2) is 0 Å². The first-order chi connectivity index (χ1) is 9.23. The average Bonchev–Trinajstić information content (AvgIpc) is 2.29.